The van der Waals surface area contributed by atoms with Gasteiger partial charge in [-0.15, -0.1) is 0 Å². The lowest BCUT2D eigenvalue weighted by molar-refractivity contribution is 0.0875. The van der Waals surface area contributed by atoms with Crippen molar-refractivity contribution in [1.29, 1.82) is 0 Å². The van der Waals surface area contributed by atoms with Crippen LogP contribution in [0.5, 0.6) is 0 Å². The van der Waals surface area contributed by atoms with Gasteiger partial charge in [0.2, 0.25) is 0 Å². The number of fused-ring (bicyclic) bond motifs is 1. The predicted molar refractivity (Wildman–Crippen MR) is 45.0 cm³/mol. The molecule has 11 heavy (non-hydrogen) atoms. The number of rotatable bonds is 0. The van der Waals surface area contributed by atoms with E-state index in [2.05, 4.69) is 0 Å². The van der Waals surface area contributed by atoms with Crippen molar-refractivity contribution in [3.8, 4) is 0 Å². The number of hydrogen-bond donors (Lipinski definition) is 1. The van der Waals surface area contributed by atoms with Crippen molar-refractivity contribution < 1.29 is 0 Å². The van der Waals surface area contributed by atoms with E-state index in [4.69, 9.17) is 5.73 Å². The molecule has 0 aromatic heterocycles. The van der Waals surface area contributed by atoms with Crippen LogP contribution in [0.1, 0.15) is 32.1 Å². The molecule has 3 saturated carbocycles. The lowest BCUT2D eigenvalue weighted by Crippen LogP contribution is -2.37. The first-order chi connectivity index (χ1) is 5.33. The van der Waals surface area contributed by atoms with E-state index in [0.29, 0.717) is 6.04 Å². The molecule has 5 atom stereocenters. The molecule has 0 aliphatic heterocycles. The van der Waals surface area contributed by atoms with Crippen molar-refractivity contribution in [3.05, 3.63) is 0 Å². The van der Waals surface area contributed by atoms with E-state index in [0.717, 1.165) is 23.7 Å². The molecule has 1 nitrogen and oxygen atoms in total. The van der Waals surface area contributed by atoms with Gasteiger partial charge in [0.1, 0.15) is 0 Å². The SMILES string of the molecule is N[C@H]1C[C@@H]2CC3C[C@H](C1)C3C2. The van der Waals surface area contributed by atoms with Crippen LogP contribution < -0.4 is 5.73 Å². The van der Waals surface area contributed by atoms with Gasteiger partial charge in [-0.3, -0.25) is 0 Å². The Morgan fingerprint density at radius 2 is 1.64 bits per heavy atom. The highest BCUT2D eigenvalue weighted by Gasteiger charge is 2.49. The van der Waals surface area contributed by atoms with E-state index >= 15 is 0 Å². The fraction of sp³-hybridized carbons (Fsp3) is 1.00. The summed E-state index contributed by atoms with van der Waals surface area (Å²) >= 11 is 0. The van der Waals surface area contributed by atoms with Crippen LogP contribution in [0.25, 0.3) is 0 Å². The van der Waals surface area contributed by atoms with Crippen LogP contribution >= 0.6 is 0 Å². The van der Waals surface area contributed by atoms with Gasteiger partial charge in [-0.1, -0.05) is 0 Å². The molecule has 2 unspecified atom stereocenters. The van der Waals surface area contributed by atoms with E-state index in [9.17, 15) is 0 Å². The predicted octanol–water partition coefficient (Wildman–Crippen LogP) is 1.77. The molecule has 0 aromatic carbocycles. The van der Waals surface area contributed by atoms with Crippen LogP contribution in [0, 0.1) is 23.7 Å². The maximum Gasteiger partial charge on any atom is 0.00442 e. The van der Waals surface area contributed by atoms with Crippen LogP contribution in [0.15, 0.2) is 0 Å². The third kappa shape index (κ3) is 0.807. The molecule has 0 saturated heterocycles. The van der Waals surface area contributed by atoms with Gasteiger partial charge >= 0.3 is 0 Å². The fourth-order valence-electron chi connectivity index (χ4n) is 3.87. The summed E-state index contributed by atoms with van der Waals surface area (Å²) in [5.41, 5.74) is 6.04. The Labute approximate surface area is 68.3 Å². The summed E-state index contributed by atoms with van der Waals surface area (Å²) in [7, 11) is 0. The van der Waals surface area contributed by atoms with Crippen molar-refractivity contribution in [2.75, 3.05) is 0 Å². The summed E-state index contributed by atoms with van der Waals surface area (Å²) in [6.07, 6.45) is 7.26. The Morgan fingerprint density at radius 1 is 0.818 bits per heavy atom. The normalized spacial score (nSPS) is 60.3. The monoisotopic (exact) mass is 151 g/mol. The molecule has 0 aromatic rings. The van der Waals surface area contributed by atoms with Crippen LogP contribution in [-0.4, -0.2) is 6.04 Å². The van der Waals surface area contributed by atoms with Crippen molar-refractivity contribution in [2.45, 2.75) is 38.1 Å². The Kier molecular flexibility index (Phi) is 1.18. The molecular weight excluding hydrogens is 134 g/mol. The van der Waals surface area contributed by atoms with Crippen LogP contribution in [0.3, 0.4) is 0 Å². The second-order valence-corrected chi connectivity index (χ2v) is 4.99. The summed E-state index contributed by atoms with van der Waals surface area (Å²) in [5, 5.41) is 0. The molecule has 2 N–H and O–H groups in total. The van der Waals surface area contributed by atoms with E-state index < -0.39 is 0 Å². The van der Waals surface area contributed by atoms with E-state index in [-0.39, 0.29) is 0 Å². The minimum Gasteiger partial charge on any atom is -0.328 e. The summed E-state index contributed by atoms with van der Waals surface area (Å²) in [6, 6.07) is 0.552. The van der Waals surface area contributed by atoms with Gasteiger partial charge in [0.05, 0.1) is 0 Å². The second-order valence-electron chi connectivity index (χ2n) is 4.99. The smallest absolute Gasteiger partial charge is 0.00442 e. The highest BCUT2D eigenvalue weighted by molar-refractivity contribution is 5.01. The molecule has 3 aliphatic rings. The fourth-order valence-corrected chi connectivity index (χ4v) is 3.87. The summed E-state index contributed by atoms with van der Waals surface area (Å²) in [4.78, 5) is 0. The van der Waals surface area contributed by atoms with Gasteiger partial charge in [-0.2, -0.15) is 0 Å². The Morgan fingerprint density at radius 3 is 2.55 bits per heavy atom. The lowest BCUT2D eigenvalue weighted by atomic mass is 9.64. The maximum atomic E-state index is 6.04. The van der Waals surface area contributed by atoms with Crippen molar-refractivity contribution in [3.63, 3.8) is 0 Å². The molecule has 0 heterocycles. The van der Waals surface area contributed by atoms with Gasteiger partial charge in [0, 0.05) is 6.04 Å². The second kappa shape index (κ2) is 2.01. The third-order valence-electron chi connectivity index (χ3n) is 4.30. The standard InChI is InChI=1S/C10H17N/c11-9-2-6-1-7-4-8(5-9)10(7)3-6/h6-10H,1-5,11H2/t6-,7?,8+,9-,10?/m0/s1. The van der Waals surface area contributed by atoms with Gasteiger partial charge in [0.25, 0.3) is 0 Å². The zero-order valence-corrected chi connectivity index (χ0v) is 7.00. The van der Waals surface area contributed by atoms with Crippen molar-refractivity contribution in [2.24, 2.45) is 29.4 Å². The molecule has 1 heteroatoms. The molecule has 0 radical (unpaired) electrons. The van der Waals surface area contributed by atoms with Crippen molar-refractivity contribution >= 4 is 0 Å². The first-order valence-corrected chi connectivity index (χ1v) is 5.08. The van der Waals surface area contributed by atoms with Gasteiger partial charge in [-0.05, 0) is 55.8 Å². The van der Waals surface area contributed by atoms with Crippen molar-refractivity contribution in [1.82, 2.24) is 0 Å². The van der Waals surface area contributed by atoms with E-state index in [1.807, 2.05) is 0 Å². The number of hydrogen-bond acceptors (Lipinski definition) is 1. The van der Waals surface area contributed by atoms with Crippen LogP contribution in [-0.2, 0) is 0 Å². The molecule has 3 aliphatic carbocycles. The number of nitrogens with two attached hydrogens (primary N) is 1. The van der Waals surface area contributed by atoms with Crippen LogP contribution in [0.2, 0.25) is 0 Å². The Hall–Kier alpha value is -0.0400. The Bertz CT molecular complexity index is 172. The van der Waals surface area contributed by atoms with Gasteiger partial charge < -0.3 is 5.73 Å². The molecule has 0 amide bonds. The quantitative estimate of drug-likeness (QED) is 0.561. The summed E-state index contributed by atoms with van der Waals surface area (Å²) < 4.78 is 0. The molecule has 3 rings (SSSR count). The van der Waals surface area contributed by atoms with E-state index in [1.54, 1.807) is 0 Å². The highest BCUT2D eigenvalue weighted by Crippen LogP contribution is 2.57. The highest BCUT2D eigenvalue weighted by atomic mass is 14.7. The van der Waals surface area contributed by atoms with E-state index in [1.165, 1.54) is 32.1 Å². The zero-order valence-electron chi connectivity index (χ0n) is 7.00. The first-order valence-electron chi connectivity index (χ1n) is 5.08. The first kappa shape index (κ1) is 6.47. The zero-order chi connectivity index (χ0) is 7.42. The summed E-state index contributed by atoms with van der Waals surface area (Å²) in [6.45, 7) is 0. The molecule has 0 spiro atoms. The Balaban J connectivity index is 1.85. The minimum atomic E-state index is 0.552. The molecule has 62 valence electrons. The third-order valence-corrected chi connectivity index (χ3v) is 4.30. The molecule has 3 fully saturated rings. The topological polar surface area (TPSA) is 26.0 Å². The largest absolute Gasteiger partial charge is 0.328 e. The minimum absolute atomic E-state index is 0.552. The average molecular weight is 151 g/mol. The summed E-state index contributed by atoms with van der Waals surface area (Å²) in [5.74, 6) is 4.32. The van der Waals surface area contributed by atoms with Crippen LogP contribution in [0.4, 0.5) is 0 Å². The van der Waals surface area contributed by atoms with Gasteiger partial charge in [-0.25, -0.2) is 0 Å². The molecule has 2 bridgehead atoms. The average Bonchev–Trinajstić information content (AvgIpc) is 2.14. The maximum absolute atomic E-state index is 6.04. The van der Waals surface area contributed by atoms with Gasteiger partial charge in [0.15, 0.2) is 0 Å². The molecular formula is C10H17N. The lowest BCUT2D eigenvalue weighted by Gasteiger charge is -2.42.